The summed E-state index contributed by atoms with van der Waals surface area (Å²) in [5, 5.41) is 3.20. The monoisotopic (exact) mass is 330 g/mol. The molecular formula is C20H30N2O2. The molecule has 0 bridgehead atoms. The molecule has 1 heterocycles. The Kier molecular flexibility index (Phi) is 5.77. The Morgan fingerprint density at radius 3 is 2.54 bits per heavy atom. The van der Waals surface area contributed by atoms with Gasteiger partial charge in [0.1, 0.15) is 0 Å². The van der Waals surface area contributed by atoms with Gasteiger partial charge in [-0.15, -0.1) is 0 Å². The van der Waals surface area contributed by atoms with Gasteiger partial charge in [-0.1, -0.05) is 17.7 Å². The van der Waals surface area contributed by atoms with Crippen molar-refractivity contribution in [2.45, 2.75) is 45.1 Å². The van der Waals surface area contributed by atoms with Gasteiger partial charge in [0.05, 0.1) is 6.10 Å². The zero-order valence-electron chi connectivity index (χ0n) is 15.0. The molecule has 0 unspecified atom stereocenters. The summed E-state index contributed by atoms with van der Waals surface area (Å²) in [5.41, 5.74) is 2.59. The molecule has 1 atom stereocenters. The summed E-state index contributed by atoms with van der Waals surface area (Å²) in [6.45, 7) is 5.06. The lowest BCUT2D eigenvalue weighted by molar-refractivity contribution is -0.126. The fraction of sp³-hybridized carbons (Fsp3) is 0.650. The first-order valence-electron chi connectivity index (χ1n) is 9.28. The van der Waals surface area contributed by atoms with Crippen LogP contribution in [0.2, 0.25) is 0 Å². The molecule has 1 aliphatic heterocycles. The van der Waals surface area contributed by atoms with Gasteiger partial charge in [-0.05, 0) is 57.1 Å². The second-order valence-corrected chi connectivity index (χ2v) is 7.39. The molecule has 132 valence electrons. The molecule has 2 aliphatic rings. The normalized spacial score (nSPS) is 27.2. The second kappa shape index (κ2) is 8.02. The van der Waals surface area contributed by atoms with Crippen LogP contribution in [-0.4, -0.2) is 38.8 Å². The summed E-state index contributed by atoms with van der Waals surface area (Å²) < 4.78 is 5.38. The van der Waals surface area contributed by atoms with Gasteiger partial charge >= 0.3 is 0 Å². The van der Waals surface area contributed by atoms with Crippen LogP contribution in [0.15, 0.2) is 24.3 Å². The summed E-state index contributed by atoms with van der Waals surface area (Å²) in [7, 11) is 1.77. The fourth-order valence-electron chi connectivity index (χ4n) is 3.94. The number of carbonyl (C=O) groups is 1. The third-order valence-corrected chi connectivity index (χ3v) is 5.63. The summed E-state index contributed by atoms with van der Waals surface area (Å²) in [6, 6.07) is 8.73. The number of methoxy groups -OCH3 is 1. The van der Waals surface area contributed by atoms with Crippen molar-refractivity contribution in [3.8, 4) is 0 Å². The summed E-state index contributed by atoms with van der Waals surface area (Å²) in [4.78, 5) is 14.8. The number of hydrogen-bond acceptors (Lipinski definition) is 3. The van der Waals surface area contributed by atoms with Gasteiger partial charge in [-0.25, -0.2) is 0 Å². The molecule has 1 amide bonds. The highest BCUT2D eigenvalue weighted by atomic mass is 16.5. The van der Waals surface area contributed by atoms with Crippen LogP contribution in [0.3, 0.4) is 0 Å². The number of ether oxygens (including phenoxy) is 1. The first kappa shape index (κ1) is 17.3. The molecule has 1 aromatic carbocycles. The molecule has 3 rings (SSSR count). The topological polar surface area (TPSA) is 41.6 Å². The molecule has 1 aromatic rings. The average molecular weight is 330 g/mol. The average Bonchev–Trinajstić information content (AvgIpc) is 3.09. The van der Waals surface area contributed by atoms with E-state index in [1.165, 1.54) is 11.3 Å². The predicted molar refractivity (Wildman–Crippen MR) is 97.3 cm³/mol. The highest BCUT2D eigenvalue weighted by molar-refractivity contribution is 5.78. The van der Waals surface area contributed by atoms with E-state index in [9.17, 15) is 4.79 Å². The number of carbonyl (C=O) groups excluding carboxylic acids is 1. The van der Waals surface area contributed by atoms with Crippen LogP contribution in [-0.2, 0) is 9.53 Å². The lowest BCUT2D eigenvalue weighted by Crippen LogP contribution is -2.37. The zero-order valence-corrected chi connectivity index (χ0v) is 15.0. The minimum absolute atomic E-state index is 0.186. The van der Waals surface area contributed by atoms with Crippen LogP contribution in [0, 0.1) is 18.8 Å². The van der Waals surface area contributed by atoms with Crippen LogP contribution >= 0.6 is 0 Å². The Balaban J connectivity index is 1.41. The number of amides is 1. The van der Waals surface area contributed by atoms with E-state index in [4.69, 9.17) is 4.74 Å². The van der Waals surface area contributed by atoms with E-state index in [0.717, 1.165) is 51.7 Å². The van der Waals surface area contributed by atoms with Gasteiger partial charge in [0.15, 0.2) is 0 Å². The number of rotatable bonds is 5. The Bertz CT molecular complexity index is 535. The maximum Gasteiger partial charge on any atom is 0.223 e. The van der Waals surface area contributed by atoms with Crippen molar-refractivity contribution in [3.05, 3.63) is 29.8 Å². The maximum atomic E-state index is 12.4. The van der Waals surface area contributed by atoms with Crippen molar-refractivity contribution in [2.75, 3.05) is 31.6 Å². The summed E-state index contributed by atoms with van der Waals surface area (Å²) in [6.07, 6.45) is 5.46. The first-order chi connectivity index (χ1) is 11.7. The molecule has 1 N–H and O–H groups in total. The number of anilines is 1. The number of hydrogen-bond donors (Lipinski definition) is 1. The SMILES string of the molecule is COC1CCC(C(=O)NC[C@@H]2CCN(c3ccc(C)cc3)C2)CC1. The third-order valence-electron chi connectivity index (χ3n) is 5.63. The lowest BCUT2D eigenvalue weighted by Gasteiger charge is -2.27. The van der Waals surface area contributed by atoms with Crippen molar-refractivity contribution in [1.82, 2.24) is 5.32 Å². The van der Waals surface area contributed by atoms with Crippen LogP contribution in [0.1, 0.15) is 37.7 Å². The lowest BCUT2D eigenvalue weighted by atomic mass is 9.86. The van der Waals surface area contributed by atoms with Crippen molar-refractivity contribution in [1.29, 1.82) is 0 Å². The van der Waals surface area contributed by atoms with Crippen molar-refractivity contribution in [3.63, 3.8) is 0 Å². The Hall–Kier alpha value is -1.55. The predicted octanol–water partition coefficient (Wildman–Crippen LogP) is 3.14. The van der Waals surface area contributed by atoms with E-state index < -0.39 is 0 Å². The highest BCUT2D eigenvalue weighted by Crippen LogP contribution is 2.27. The molecular weight excluding hydrogens is 300 g/mol. The molecule has 0 radical (unpaired) electrons. The molecule has 0 spiro atoms. The zero-order chi connectivity index (χ0) is 16.9. The summed E-state index contributed by atoms with van der Waals surface area (Å²) in [5.74, 6) is 0.995. The van der Waals surface area contributed by atoms with Crippen molar-refractivity contribution >= 4 is 11.6 Å². The standard InChI is InChI=1S/C20H30N2O2/c1-15-3-7-18(8-4-15)22-12-11-16(14-22)13-21-20(23)17-5-9-19(24-2)10-6-17/h3-4,7-8,16-17,19H,5-6,9-14H2,1-2H3,(H,21,23)/t16-,17?,19?/m0/s1. The number of benzene rings is 1. The van der Waals surface area contributed by atoms with Crippen LogP contribution in [0.5, 0.6) is 0 Å². The number of nitrogens with zero attached hydrogens (tertiary/aromatic N) is 1. The fourth-order valence-corrected chi connectivity index (χ4v) is 3.94. The van der Waals surface area contributed by atoms with E-state index in [0.29, 0.717) is 12.0 Å². The Morgan fingerprint density at radius 2 is 1.88 bits per heavy atom. The molecule has 4 nitrogen and oxygen atoms in total. The van der Waals surface area contributed by atoms with Crippen molar-refractivity contribution < 1.29 is 9.53 Å². The van der Waals surface area contributed by atoms with E-state index in [1.54, 1.807) is 7.11 Å². The molecule has 24 heavy (non-hydrogen) atoms. The minimum atomic E-state index is 0.186. The largest absolute Gasteiger partial charge is 0.381 e. The molecule has 1 aliphatic carbocycles. The Morgan fingerprint density at radius 1 is 1.17 bits per heavy atom. The highest BCUT2D eigenvalue weighted by Gasteiger charge is 2.28. The first-order valence-corrected chi connectivity index (χ1v) is 9.28. The maximum absolute atomic E-state index is 12.4. The van der Waals surface area contributed by atoms with Gasteiger partial charge in [-0.2, -0.15) is 0 Å². The van der Waals surface area contributed by atoms with E-state index in [1.807, 2.05) is 0 Å². The minimum Gasteiger partial charge on any atom is -0.381 e. The van der Waals surface area contributed by atoms with Crippen LogP contribution in [0.4, 0.5) is 5.69 Å². The second-order valence-electron chi connectivity index (χ2n) is 7.39. The van der Waals surface area contributed by atoms with E-state index in [-0.39, 0.29) is 11.8 Å². The molecule has 4 heteroatoms. The van der Waals surface area contributed by atoms with Gasteiger partial charge in [0.25, 0.3) is 0 Å². The van der Waals surface area contributed by atoms with Crippen LogP contribution in [0.25, 0.3) is 0 Å². The van der Waals surface area contributed by atoms with E-state index >= 15 is 0 Å². The van der Waals surface area contributed by atoms with Crippen LogP contribution < -0.4 is 10.2 Å². The molecule has 2 fully saturated rings. The Labute approximate surface area is 145 Å². The summed E-state index contributed by atoms with van der Waals surface area (Å²) >= 11 is 0. The van der Waals surface area contributed by atoms with Gasteiger partial charge in [-0.3, -0.25) is 4.79 Å². The number of aryl methyl sites for hydroxylation is 1. The number of nitrogens with one attached hydrogen (secondary N) is 1. The quantitative estimate of drug-likeness (QED) is 0.902. The molecule has 1 saturated heterocycles. The molecule has 0 aromatic heterocycles. The van der Waals surface area contributed by atoms with E-state index in [2.05, 4.69) is 41.4 Å². The van der Waals surface area contributed by atoms with Crippen molar-refractivity contribution in [2.24, 2.45) is 11.8 Å². The van der Waals surface area contributed by atoms with Gasteiger partial charge in [0, 0.05) is 38.3 Å². The van der Waals surface area contributed by atoms with Gasteiger partial charge in [0.2, 0.25) is 5.91 Å². The third kappa shape index (κ3) is 4.29. The molecule has 1 saturated carbocycles. The smallest absolute Gasteiger partial charge is 0.223 e. The van der Waals surface area contributed by atoms with Gasteiger partial charge < -0.3 is 15.0 Å².